The molecule has 0 radical (unpaired) electrons. The second kappa shape index (κ2) is 5.80. The van der Waals surface area contributed by atoms with Crippen molar-refractivity contribution in [2.45, 2.75) is 9.79 Å². The van der Waals surface area contributed by atoms with Crippen LogP contribution in [0, 0.1) is 0 Å². The summed E-state index contributed by atoms with van der Waals surface area (Å²) in [6, 6.07) is 32.9. The first kappa shape index (κ1) is 15.2. The molecule has 0 bridgehead atoms. The molecule has 0 aliphatic carbocycles. The zero-order valence-electron chi connectivity index (χ0n) is 14.6. The minimum absolute atomic E-state index is 0.286. The van der Waals surface area contributed by atoms with Gasteiger partial charge in [0.2, 0.25) is 6.71 Å². The molecule has 1 nitrogen and oxygen atoms in total. The number of benzene rings is 4. The smallest absolute Gasteiger partial charge is 0.249 e. The van der Waals surface area contributed by atoms with Crippen molar-refractivity contribution in [2.75, 3.05) is 5.32 Å². The molecule has 0 fully saturated rings. The number of anilines is 2. The first-order chi connectivity index (χ1) is 13.4. The van der Waals surface area contributed by atoms with Gasteiger partial charge in [-0.15, -0.1) is 0 Å². The van der Waals surface area contributed by atoms with E-state index >= 15 is 0 Å². The molecule has 2 aliphatic heterocycles. The van der Waals surface area contributed by atoms with E-state index in [4.69, 9.17) is 0 Å². The van der Waals surface area contributed by atoms with Crippen LogP contribution in [0.15, 0.2) is 101 Å². The van der Waals surface area contributed by atoms with Crippen molar-refractivity contribution < 1.29 is 0 Å². The van der Waals surface area contributed by atoms with E-state index in [0.717, 1.165) is 0 Å². The summed E-state index contributed by atoms with van der Waals surface area (Å²) >= 11 is 1.88. The molecule has 4 aromatic carbocycles. The maximum atomic E-state index is 3.68. The lowest BCUT2D eigenvalue weighted by Crippen LogP contribution is -2.58. The minimum atomic E-state index is 0.286. The van der Waals surface area contributed by atoms with Crippen LogP contribution in [0.3, 0.4) is 0 Å². The third kappa shape index (κ3) is 2.28. The van der Waals surface area contributed by atoms with Crippen LogP contribution in [0.25, 0.3) is 11.1 Å². The van der Waals surface area contributed by atoms with Crippen molar-refractivity contribution in [1.82, 2.24) is 0 Å². The zero-order chi connectivity index (χ0) is 17.8. The summed E-state index contributed by atoms with van der Waals surface area (Å²) in [7, 11) is 0. The van der Waals surface area contributed by atoms with E-state index in [1.807, 2.05) is 11.8 Å². The number of hydrogen-bond donors (Lipinski definition) is 1. The summed E-state index contributed by atoms with van der Waals surface area (Å²) in [5, 5.41) is 3.68. The Labute approximate surface area is 163 Å². The van der Waals surface area contributed by atoms with E-state index in [1.165, 1.54) is 48.7 Å². The Kier molecular flexibility index (Phi) is 3.26. The lowest BCUT2D eigenvalue weighted by molar-refractivity contribution is 1.41. The van der Waals surface area contributed by atoms with Gasteiger partial charge in [-0.1, -0.05) is 84.0 Å². The highest BCUT2D eigenvalue weighted by Gasteiger charge is 2.37. The zero-order valence-corrected chi connectivity index (χ0v) is 15.5. The molecular formula is C24H16BNS. The van der Waals surface area contributed by atoms with Gasteiger partial charge in [0, 0.05) is 21.2 Å². The van der Waals surface area contributed by atoms with Crippen LogP contribution in [0.4, 0.5) is 11.4 Å². The summed E-state index contributed by atoms with van der Waals surface area (Å²) in [6.45, 7) is 0.286. The number of rotatable bonds is 1. The third-order valence-corrected chi connectivity index (χ3v) is 6.71. The third-order valence-electron chi connectivity index (χ3n) is 5.54. The standard InChI is InChI=1S/C24H16BNS/c1-2-7-16(8-3-1)17-13-14-20-19(15-17)25-18-9-4-5-11-22(18)27-23-12-6-10-21(26-20)24(23)25/h1-15,26H. The van der Waals surface area contributed by atoms with Gasteiger partial charge in [0.1, 0.15) is 0 Å². The lowest BCUT2D eigenvalue weighted by Gasteiger charge is -2.34. The van der Waals surface area contributed by atoms with Crippen LogP contribution < -0.4 is 21.7 Å². The minimum Gasteiger partial charge on any atom is -0.356 e. The van der Waals surface area contributed by atoms with Crippen LogP contribution >= 0.6 is 11.8 Å². The molecule has 126 valence electrons. The largest absolute Gasteiger partial charge is 0.356 e. The topological polar surface area (TPSA) is 12.0 Å². The van der Waals surface area contributed by atoms with E-state index < -0.39 is 0 Å². The Morgan fingerprint density at radius 3 is 2.33 bits per heavy atom. The number of hydrogen-bond acceptors (Lipinski definition) is 2. The van der Waals surface area contributed by atoms with Crippen LogP contribution in [0.2, 0.25) is 0 Å². The molecular weight excluding hydrogens is 345 g/mol. The monoisotopic (exact) mass is 361 g/mol. The highest BCUT2D eigenvalue weighted by molar-refractivity contribution is 8.00. The molecule has 0 saturated carbocycles. The Bertz CT molecular complexity index is 1170. The van der Waals surface area contributed by atoms with Gasteiger partial charge < -0.3 is 5.32 Å². The summed E-state index contributed by atoms with van der Waals surface area (Å²) in [4.78, 5) is 2.73. The highest BCUT2D eigenvalue weighted by Crippen LogP contribution is 2.35. The highest BCUT2D eigenvalue weighted by atomic mass is 32.2. The van der Waals surface area contributed by atoms with E-state index in [2.05, 4.69) is 96.3 Å². The fraction of sp³-hybridized carbons (Fsp3) is 0. The van der Waals surface area contributed by atoms with Crippen LogP contribution in [0.1, 0.15) is 0 Å². The van der Waals surface area contributed by atoms with Gasteiger partial charge in [-0.3, -0.25) is 0 Å². The van der Waals surface area contributed by atoms with Crippen molar-refractivity contribution in [3.05, 3.63) is 91.0 Å². The fourth-order valence-corrected chi connectivity index (χ4v) is 5.49. The van der Waals surface area contributed by atoms with Gasteiger partial charge in [-0.05, 0) is 46.3 Å². The fourth-order valence-electron chi connectivity index (χ4n) is 4.32. The quantitative estimate of drug-likeness (QED) is 0.436. The predicted molar refractivity (Wildman–Crippen MR) is 117 cm³/mol. The molecule has 6 rings (SSSR count). The van der Waals surface area contributed by atoms with Gasteiger partial charge in [0.15, 0.2) is 0 Å². The van der Waals surface area contributed by atoms with Gasteiger partial charge in [-0.25, -0.2) is 0 Å². The van der Waals surface area contributed by atoms with E-state index in [1.54, 1.807) is 0 Å². The van der Waals surface area contributed by atoms with Crippen LogP contribution in [0.5, 0.6) is 0 Å². The second-order valence-corrected chi connectivity index (χ2v) is 8.17. The molecule has 0 amide bonds. The van der Waals surface area contributed by atoms with Crippen molar-refractivity contribution >= 4 is 46.2 Å². The first-order valence-electron chi connectivity index (χ1n) is 9.24. The molecule has 0 spiro atoms. The van der Waals surface area contributed by atoms with Crippen LogP contribution in [-0.4, -0.2) is 6.71 Å². The Hall–Kier alpha value is -2.91. The molecule has 0 unspecified atom stereocenters. The maximum absolute atomic E-state index is 3.68. The molecule has 27 heavy (non-hydrogen) atoms. The number of fused-ring (bicyclic) bond motifs is 4. The van der Waals surface area contributed by atoms with Crippen LogP contribution in [-0.2, 0) is 0 Å². The Morgan fingerprint density at radius 1 is 0.593 bits per heavy atom. The molecule has 2 aliphatic rings. The normalized spacial score (nSPS) is 13.3. The van der Waals surface area contributed by atoms with Crippen molar-refractivity contribution in [2.24, 2.45) is 0 Å². The molecule has 4 aromatic rings. The predicted octanol–water partition coefficient (Wildman–Crippen LogP) is 4.39. The second-order valence-electron chi connectivity index (χ2n) is 7.08. The van der Waals surface area contributed by atoms with Gasteiger partial charge in [-0.2, -0.15) is 0 Å². The molecule has 3 heteroatoms. The van der Waals surface area contributed by atoms with Crippen molar-refractivity contribution in [3.63, 3.8) is 0 Å². The van der Waals surface area contributed by atoms with Gasteiger partial charge >= 0.3 is 0 Å². The molecule has 0 aromatic heterocycles. The molecule has 0 atom stereocenters. The first-order valence-corrected chi connectivity index (χ1v) is 10.1. The summed E-state index contributed by atoms with van der Waals surface area (Å²) in [5.74, 6) is 0. The SMILES string of the molecule is c1ccc(-c2ccc3c(c2)B2c4ccccc4Sc4cccc(c42)N3)cc1. The van der Waals surface area contributed by atoms with Gasteiger partial charge in [0.05, 0.1) is 0 Å². The Morgan fingerprint density at radius 2 is 1.41 bits per heavy atom. The van der Waals surface area contributed by atoms with Gasteiger partial charge in [0.25, 0.3) is 0 Å². The van der Waals surface area contributed by atoms with E-state index in [0.29, 0.717) is 0 Å². The number of nitrogens with one attached hydrogen (secondary N) is 1. The lowest BCUT2D eigenvalue weighted by atomic mass is 9.35. The molecule has 2 heterocycles. The van der Waals surface area contributed by atoms with Crippen molar-refractivity contribution in [3.8, 4) is 11.1 Å². The van der Waals surface area contributed by atoms with E-state index in [-0.39, 0.29) is 6.71 Å². The van der Waals surface area contributed by atoms with Crippen molar-refractivity contribution in [1.29, 1.82) is 0 Å². The average molecular weight is 361 g/mol. The average Bonchev–Trinajstić information content (AvgIpc) is 2.74. The Balaban J connectivity index is 1.62. The summed E-state index contributed by atoms with van der Waals surface area (Å²) < 4.78 is 0. The maximum Gasteiger partial charge on any atom is 0.249 e. The molecule has 1 N–H and O–H groups in total. The molecule has 0 saturated heterocycles. The summed E-state index contributed by atoms with van der Waals surface area (Å²) in [5.41, 5.74) is 9.18. The van der Waals surface area contributed by atoms with E-state index in [9.17, 15) is 0 Å². The summed E-state index contributed by atoms with van der Waals surface area (Å²) in [6.07, 6.45) is 0.